The molecule has 1 aliphatic carbocycles. The normalized spacial score (nSPS) is 17.9. The Hall–Kier alpha value is -2.06. The summed E-state index contributed by atoms with van der Waals surface area (Å²) in [7, 11) is 0. The van der Waals surface area contributed by atoms with Crippen LogP contribution in [-0.4, -0.2) is 34.7 Å². The van der Waals surface area contributed by atoms with Gasteiger partial charge in [0.15, 0.2) is 0 Å². The molecule has 1 aliphatic rings. The lowest BCUT2D eigenvalue weighted by Gasteiger charge is -2.20. The number of carboxylic acids is 1. The van der Waals surface area contributed by atoms with E-state index in [1.807, 2.05) is 0 Å². The van der Waals surface area contributed by atoms with Crippen molar-refractivity contribution < 1.29 is 32.7 Å². The molecule has 1 fully saturated rings. The highest BCUT2D eigenvalue weighted by Crippen LogP contribution is 2.48. The van der Waals surface area contributed by atoms with Gasteiger partial charge in [-0.15, -0.1) is 0 Å². The van der Waals surface area contributed by atoms with E-state index in [0.717, 1.165) is 13.8 Å². The van der Waals surface area contributed by atoms with Crippen LogP contribution in [-0.2, 0) is 9.59 Å². The number of carbonyl (C=O) groups is 3. The van der Waals surface area contributed by atoms with Crippen LogP contribution < -0.4 is 10.6 Å². The molecule has 0 aromatic carbocycles. The summed E-state index contributed by atoms with van der Waals surface area (Å²) in [6.07, 6.45) is -5.09. The summed E-state index contributed by atoms with van der Waals surface area (Å²) in [4.78, 5) is 33.4. The van der Waals surface area contributed by atoms with Crippen molar-refractivity contribution in [1.82, 2.24) is 10.6 Å². The number of halogens is 3. The lowest BCUT2D eigenvalue weighted by molar-refractivity contribution is -0.162. The summed E-state index contributed by atoms with van der Waals surface area (Å²) in [6.45, 7) is 2.30. The Labute approximate surface area is 112 Å². The van der Waals surface area contributed by atoms with Gasteiger partial charge in [-0.25, -0.2) is 9.59 Å². The molecule has 0 aromatic heterocycles. The summed E-state index contributed by atoms with van der Waals surface area (Å²) in [6, 6.07) is -1.30. The number of urea groups is 1. The second-order valence-electron chi connectivity index (χ2n) is 4.54. The van der Waals surface area contributed by atoms with Gasteiger partial charge in [0.05, 0.1) is 0 Å². The molecule has 9 heteroatoms. The van der Waals surface area contributed by atoms with Crippen molar-refractivity contribution in [3.05, 3.63) is 11.1 Å². The van der Waals surface area contributed by atoms with E-state index in [1.165, 1.54) is 0 Å². The fraction of sp³-hybridized carbons (Fsp3) is 0.545. The second kappa shape index (κ2) is 5.14. The molecule has 112 valence electrons. The standard InChI is InChI=1S/C11H13F3N2O4/c1-5(6(2)8(18)19)7(17)15-9(20)16-10(3-4-10)11(12,13)14/h3-4H2,1-2H3,(H,18,19)(H2,15,16,17,20). The Kier molecular flexibility index (Phi) is 4.11. The molecule has 3 N–H and O–H groups in total. The Balaban J connectivity index is 2.67. The summed E-state index contributed by atoms with van der Waals surface area (Å²) in [5, 5.41) is 12.0. The minimum atomic E-state index is -4.59. The van der Waals surface area contributed by atoms with Crippen molar-refractivity contribution in [2.75, 3.05) is 0 Å². The predicted octanol–water partition coefficient (Wildman–Crippen LogP) is 1.33. The molecule has 1 rings (SSSR count). The van der Waals surface area contributed by atoms with Crippen molar-refractivity contribution in [3.8, 4) is 0 Å². The molecule has 3 amide bonds. The molecule has 0 atom stereocenters. The number of amides is 3. The number of hydrogen-bond acceptors (Lipinski definition) is 3. The van der Waals surface area contributed by atoms with Gasteiger partial charge in [-0.05, 0) is 26.7 Å². The molecule has 1 saturated carbocycles. The maximum absolute atomic E-state index is 12.6. The average Bonchev–Trinajstić information content (AvgIpc) is 3.06. The van der Waals surface area contributed by atoms with Gasteiger partial charge in [0.25, 0.3) is 5.91 Å². The number of nitrogens with one attached hydrogen (secondary N) is 2. The van der Waals surface area contributed by atoms with E-state index in [4.69, 9.17) is 5.11 Å². The van der Waals surface area contributed by atoms with Crippen LogP contribution in [0.15, 0.2) is 11.1 Å². The molecule has 0 saturated heterocycles. The Bertz CT molecular complexity index is 492. The summed E-state index contributed by atoms with van der Waals surface area (Å²) in [5.41, 5.74) is -2.84. The van der Waals surface area contributed by atoms with Crippen molar-refractivity contribution in [2.45, 2.75) is 38.4 Å². The van der Waals surface area contributed by atoms with Crippen molar-refractivity contribution in [3.63, 3.8) is 0 Å². The van der Waals surface area contributed by atoms with Crippen LogP contribution in [0.4, 0.5) is 18.0 Å². The predicted molar refractivity (Wildman–Crippen MR) is 60.7 cm³/mol. The van der Waals surface area contributed by atoms with Crippen LogP contribution in [0, 0.1) is 0 Å². The van der Waals surface area contributed by atoms with Gasteiger partial charge in [0, 0.05) is 11.1 Å². The zero-order valence-corrected chi connectivity index (χ0v) is 10.7. The van der Waals surface area contributed by atoms with Crippen LogP contribution in [0.3, 0.4) is 0 Å². The smallest absolute Gasteiger partial charge is 0.411 e. The quantitative estimate of drug-likeness (QED) is 0.684. The molecule has 0 radical (unpaired) electrons. The Morgan fingerprint density at radius 3 is 1.95 bits per heavy atom. The fourth-order valence-electron chi connectivity index (χ4n) is 1.38. The van der Waals surface area contributed by atoms with Gasteiger partial charge in [0.1, 0.15) is 5.54 Å². The SMILES string of the molecule is CC(C(=O)O)=C(C)C(=O)NC(=O)NC1(C(F)(F)F)CC1. The zero-order chi connectivity index (χ0) is 15.7. The van der Waals surface area contributed by atoms with Crippen LogP contribution in [0.2, 0.25) is 0 Å². The Morgan fingerprint density at radius 1 is 1.10 bits per heavy atom. The molecular formula is C11H13F3N2O4. The monoisotopic (exact) mass is 294 g/mol. The van der Waals surface area contributed by atoms with Crippen LogP contribution >= 0.6 is 0 Å². The summed E-state index contributed by atoms with van der Waals surface area (Å²) >= 11 is 0. The molecule has 6 nitrogen and oxygen atoms in total. The first-order valence-electron chi connectivity index (χ1n) is 5.61. The average molecular weight is 294 g/mol. The number of carboxylic acid groups (broad SMARTS) is 1. The van der Waals surface area contributed by atoms with Gasteiger partial charge in [-0.1, -0.05) is 0 Å². The number of carbonyl (C=O) groups excluding carboxylic acids is 2. The molecular weight excluding hydrogens is 281 g/mol. The third kappa shape index (κ3) is 3.28. The van der Waals surface area contributed by atoms with Crippen molar-refractivity contribution in [1.29, 1.82) is 0 Å². The molecule has 0 aromatic rings. The maximum Gasteiger partial charge on any atom is 0.411 e. The molecule has 0 spiro atoms. The van der Waals surface area contributed by atoms with Crippen molar-refractivity contribution in [2.24, 2.45) is 0 Å². The number of imide groups is 1. The largest absolute Gasteiger partial charge is 0.478 e. The molecule has 0 aliphatic heterocycles. The van der Waals surface area contributed by atoms with E-state index in [1.54, 1.807) is 10.6 Å². The first-order chi connectivity index (χ1) is 9.00. The van der Waals surface area contributed by atoms with Crippen LogP contribution in [0.5, 0.6) is 0 Å². The fourth-order valence-corrected chi connectivity index (χ4v) is 1.38. The first-order valence-corrected chi connectivity index (χ1v) is 5.61. The highest BCUT2D eigenvalue weighted by Gasteiger charge is 2.64. The van der Waals surface area contributed by atoms with Crippen molar-refractivity contribution >= 4 is 17.9 Å². The highest BCUT2D eigenvalue weighted by atomic mass is 19.4. The van der Waals surface area contributed by atoms with E-state index in [-0.39, 0.29) is 24.0 Å². The molecule has 0 unspecified atom stereocenters. The lowest BCUT2D eigenvalue weighted by Crippen LogP contribution is -2.52. The molecule has 0 heterocycles. The van der Waals surface area contributed by atoms with E-state index >= 15 is 0 Å². The number of aliphatic carboxylic acids is 1. The van der Waals surface area contributed by atoms with E-state index in [0.29, 0.717) is 0 Å². The van der Waals surface area contributed by atoms with E-state index < -0.39 is 29.6 Å². The highest BCUT2D eigenvalue weighted by molar-refractivity contribution is 6.07. The Morgan fingerprint density at radius 2 is 1.60 bits per heavy atom. The maximum atomic E-state index is 12.6. The topological polar surface area (TPSA) is 95.5 Å². The van der Waals surface area contributed by atoms with Gasteiger partial charge in [0.2, 0.25) is 0 Å². The molecule has 20 heavy (non-hydrogen) atoms. The van der Waals surface area contributed by atoms with Gasteiger partial charge in [-0.3, -0.25) is 10.1 Å². The number of alkyl halides is 3. The number of rotatable bonds is 3. The number of hydrogen-bond donors (Lipinski definition) is 3. The summed E-state index contributed by atoms with van der Waals surface area (Å²) < 4.78 is 37.7. The van der Waals surface area contributed by atoms with Gasteiger partial charge >= 0.3 is 18.2 Å². The van der Waals surface area contributed by atoms with Crippen LogP contribution in [0.25, 0.3) is 0 Å². The molecule has 0 bridgehead atoms. The van der Waals surface area contributed by atoms with Gasteiger partial charge < -0.3 is 10.4 Å². The van der Waals surface area contributed by atoms with E-state index in [9.17, 15) is 27.6 Å². The zero-order valence-electron chi connectivity index (χ0n) is 10.7. The minimum Gasteiger partial charge on any atom is -0.478 e. The third-order valence-electron chi connectivity index (χ3n) is 3.10. The van der Waals surface area contributed by atoms with Crippen LogP contribution in [0.1, 0.15) is 26.7 Å². The lowest BCUT2D eigenvalue weighted by atomic mass is 10.1. The van der Waals surface area contributed by atoms with Gasteiger partial charge in [-0.2, -0.15) is 13.2 Å². The third-order valence-corrected chi connectivity index (χ3v) is 3.10. The minimum absolute atomic E-state index is 0.249. The van der Waals surface area contributed by atoms with E-state index in [2.05, 4.69) is 0 Å². The first kappa shape index (κ1) is 16.0. The second-order valence-corrected chi connectivity index (χ2v) is 4.54. The summed E-state index contributed by atoms with van der Waals surface area (Å²) in [5.74, 6) is -2.41.